The second-order valence-corrected chi connectivity index (χ2v) is 14.1. The second kappa shape index (κ2) is 8.19. The minimum atomic E-state index is -1.65. The van der Waals surface area contributed by atoms with Crippen molar-refractivity contribution in [3.8, 4) is 0 Å². The first-order chi connectivity index (χ1) is 10.8. The van der Waals surface area contributed by atoms with Gasteiger partial charge >= 0.3 is 6.09 Å². The number of hydrogen-bond acceptors (Lipinski definition) is 4. The Hall–Kier alpha value is -0.593. The SMILES string of the molecule is CC(C)(C)OC(=O)N1CCC(NCCO[Si](C)(C)C(C)(C)C)CC1. The molecule has 0 aliphatic carbocycles. The van der Waals surface area contributed by atoms with E-state index >= 15 is 0 Å². The van der Waals surface area contributed by atoms with Crippen molar-refractivity contribution in [1.82, 2.24) is 10.2 Å². The van der Waals surface area contributed by atoms with Crippen LogP contribution in [0, 0.1) is 0 Å². The molecule has 1 aliphatic heterocycles. The largest absolute Gasteiger partial charge is 0.444 e. The van der Waals surface area contributed by atoms with E-state index in [2.05, 4.69) is 39.2 Å². The Bertz CT molecular complexity index is 405. The summed E-state index contributed by atoms with van der Waals surface area (Å²) in [5, 5.41) is 3.83. The van der Waals surface area contributed by atoms with E-state index in [-0.39, 0.29) is 11.1 Å². The number of piperidine rings is 1. The fourth-order valence-corrected chi connectivity index (χ4v) is 3.42. The van der Waals surface area contributed by atoms with E-state index in [9.17, 15) is 4.79 Å². The molecule has 0 atom stereocenters. The van der Waals surface area contributed by atoms with E-state index in [1.54, 1.807) is 0 Å². The predicted molar refractivity (Wildman–Crippen MR) is 102 cm³/mol. The van der Waals surface area contributed by atoms with Crippen molar-refractivity contribution < 1.29 is 14.0 Å². The molecule has 0 spiro atoms. The third-order valence-electron chi connectivity index (χ3n) is 4.95. The van der Waals surface area contributed by atoms with Crippen LogP contribution in [0.5, 0.6) is 0 Å². The van der Waals surface area contributed by atoms with Gasteiger partial charge < -0.3 is 19.4 Å². The number of nitrogens with one attached hydrogen (secondary N) is 1. The van der Waals surface area contributed by atoms with Crippen LogP contribution in [0.3, 0.4) is 0 Å². The first-order valence-corrected chi connectivity index (χ1v) is 12.1. The molecule has 0 bridgehead atoms. The number of ether oxygens (including phenoxy) is 1. The Labute approximate surface area is 149 Å². The Kier molecular flexibility index (Phi) is 7.32. The van der Waals surface area contributed by atoms with E-state index in [1.165, 1.54) is 0 Å². The highest BCUT2D eigenvalue weighted by atomic mass is 28.4. The molecule has 0 unspecified atom stereocenters. The zero-order valence-electron chi connectivity index (χ0n) is 17.0. The lowest BCUT2D eigenvalue weighted by Crippen LogP contribution is -2.48. The molecule has 5 nitrogen and oxygen atoms in total. The zero-order chi connectivity index (χ0) is 18.6. The van der Waals surface area contributed by atoms with Crippen molar-refractivity contribution >= 4 is 14.4 Å². The van der Waals surface area contributed by atoms with Gasteiger partial charge in [-0.05, 0) is 51.7 Å². The molecule has 1 fully saturated rings. The van der Waals surface area contributed by atoms with Gasteiger partial charge in [0.2, 0.25) is 0 Å². The van der Waals surface area contributed by atoms with Crippen LogP contribution in [0.15, 0.2) is 0 Å². The number of carbonyl (C=O) groups excluding carboxylic acids is 1. The lowest BCUT2D eigenvalue weighted by Gasteiger charge is -2.37. The Morgan fingerprint density at radius 3 is 2.12 bits per heavy atom. The summed E-state index contributed by atoms with van der Waals surface area (Å²) in [7, 11) is -1.65. The van der Waals surface area contributed by atoms with Gasteiger partial charge in [-0.25, -0.2) is 4.79 Å². The zero-order valence-corrected chi connectivity index (χ0v) is 18.0. The molecular weight excluding hydrogens is 320 g/mol. The maximum absolute atomic E-state index is 12.1. The lowest BCUT2D eigenvalue weighted by atomic mass is 10.1. The molecule has 6 heteroatoms. The summed E-state index contributed by atoms with van der Waals surface area (Å²) < 4.78 is 11.6. The standard InChI is InChI=1S/C18H38N2O3Si/c1-17(2,3)23-16(21)20-12-9-15(10-13-20)19-11-14-22-24(7,8)18(4,5)6/h15,19H,9-14H2,1-8H3. The summed E-state index contributed by atoms with van der Waals surface area (Å²) in [5.41, 5.74) is -0.423. The minimum absolute atomic E-state index is 0.192. The van der Waals surface area contributed by atoms with Crippen molar-refractivity contribution in [3.63, 3.8) is 0 Å². The molecule has 0 aromatic carbocycles. The normalized spacial score (nSPS) is 17.9. The lowest BCUT2D eigenvalue weighted by molar-refractivity contribution is 0.0197. The monoisotopic (exact) mass is 358 g/mol. The maximum Gasteiger partial charge on any atom is 0.410 e. The van der Waals surface area contributed by atoms with Gasteiger partial charge in [0.15, 0.2) is 8.32 Å². The molecule has 142 valence electrons. The first-order valence-electron chi connectivity index (χ1n) is 9.17. The van der Waals surface area contributed by atoms with Crippen molar-refractivity contribution in [3.05, 3.63) is 0 Å². The molecule has 1 saturated heterocycles. The van der Waals surface area contributed by atoms with Crippen molar-refractivity contribution in [2.24, 2.45) is 0 Å². The Morgan fingerprint density at radius 2 is 1.67 bits per heavy atom. The molecule has 1 heterocycles. The average molecular weight is 359 g/mol. The van der Waals surface area contributed by atoms with Crippen molar-refractivity contribution in [2.75, 3.05) is 26.2 Å². The highest BCUT2D eigenvalue weighted by Gasteiger charge is 2.36. The topological polar surface area (TPSA) is 50.8 Å². The quantitative estimate of drug-likeness (QED) is 0.596. The van der Waals surface area contributed by atoms with Gasteiger partial charge in [0, 0.05) is 32.3 Å². The first kappa shape index (κ1) is 21.4. The summed E-state index contributed by atoms with van der Waals surface area (Å²) >= 11 is 0. The van der Waals surface area contributed by atoms with Crippen LogP contribution in [-0.4, -0.2) is 57.2 Å². The number of rotatable bonds is 5. The molecule has 1 amide bonds. The van der Waals surface area contributed by atoms with Gasteiger partial charge in [0.25, 0.3) is 0 Å². The van der Waals surface area contributed by atoms with Crippen LogP contribution in [-0.2, 0) is 9.16 Å². The minimum Gasteiger partial charge on any atom is -0.444 e. The molecular formula is C18H38N2O3Si. The Balaban J connectivity index is 2.24. The summed E-state index contributed by atoms with van der Waals surface area (Å²) in [6, 6.07) is 0.465. The van der Waals surface area contributed by atoms with Crippen LogP contribution < -0.4 is 5.32 Å². The molecule has 0 saturated carbocycles. The van der Waals surface area contributed by atoms with Gasteiger partial charge in [0.05, 0.1) is 0 Å². The van der Waals surface area contributed by atoms with Crippen LogP contribution >= 0.6 is 0 Å². The molecule has 0 aromatic heterocycles. The summed E-state index contributed by atoms with van der Waals surface area (Å²) in [6.45, 7) is 20.2. The molecule has 0 radical (unpaired) electrons. The molecule has 24 heavy (non-hydrogen) atoms. The fraction of sp³-hybridized carbons (Fsp3) is 0.944. The number of carbonyl (C=O) groups is 1. The van der Waals surface area contributed by atoms with Gasteiger partial charge in [-0.2, -0.15) is 0 Å². The fourth-order valence-electron chi connectivity index (χ4n) is 2.38. The highest BCUT2D eigenvalue weighted by Crippen LogP contribution is 2.36. The summed E-state index contributed by atoms with van der Waals surface area (Å²) in [4.78, 5) is 13.9. The Morgan fingerprint density at radius 1 is 1.12 bits per heavy atom. The molecule has 0 aromatic rings. The second-order valence-electron chi connectivity index (χ2n) is 9.30. The smallest absolute Gasteiger partial charge is 0.410 e. The summed E-state index contributed by atoms with van der Waals surface area (Å²) in [6.07, 6.45) is 1.75. The van der Waals surface area contributed by atoms with E-state index in [0.717, 1.165) is 39.1 Å². The number of nitrogens with zero attached hydrogens (tertiary/aromatic N) is 1. The molecule has 1 N–H and O–H groups in total. The highest BCUT2D eigenvalue weighted by molar-refractivity contribution is 6.74. The molecule has 1 aliphatic rings. The van der Waals surface area contributed by atoms with Crippen LogP contribution in [0.25, 0.3) is 0 Å². The van der Waals surface area contributed by atoms with Crippen LogP contribution in [0.4, 0.5) is 4.79 Å². The number of hydrogen-bond donors (Lipinski definition) is 1. The third-order valence-corrected chi connectivity index (χ3v) is 9.49. The van der Waals surface area contributed by atoms with Crippen molar-refractivity contribution in [2.45, 2.75) is 84.2 Å². The third kappa shape index (κ3) is 7.11. The van der Waals surface area contributed by atoms with E-state index < -0.39 is 13.9 Å². The van der Waals surface area contributed by atoms with E-state index in [0.29, 0.717) is 6.04 Å². The predicted octanol–water partition coefficient (Wildman–Crippen LogP) is 4.00. The van der Waals surface area contributed by atoms with E-state index in [1.807, 2.05) is 25.7 Å². The maximum atomic E-state index is 12.1. The van der Waals surface area contributed by atoms with Gasteiger partial charge in [0.1, 0.15) is 5.60 Å². The van der Waals surface area contributed by atoms with E-state index in [4.69, 9.17) is 9.16 Å². The van der Waals surface area contributed by atoms with Gasteiger partial charge in [-0.3, -0.25) is 0 Å². The van der Waals surface area contributed by atoms with Crippen LogP contribution in [0.1, 0.15) is 54.4 Å². The molecule has 1 rings (SSSR count). The van der Waals surface area contributed by atoms with Gasteiger partial charge in [-0.1, -0.05) is 20.8 Å². The summed E-state index contributed by atoms with van der Waals surface area (Å²) in [5.74, 6) is 0. The van der Waals surface area contributed by atoms with Gasteiger partial charge in [-0.15, -0.1) is 0 Å². The number of amides is 1. The average Bonchev–Trinajstić information content (AvgIpc) is 2.41. The number of likely N-dealkylation sites (tertiary alicyclic amines) is 1. The van der Waals surface area contributed by atoms with Crippen molar-refractivity contribution in [1.29, 1.82) is 0 Å². The van der Waals surface area contributed by atoms with Crippen LogP contribution in [0.2, 0.25) is 18.1 Å².